The molecule has 0 bridgehead atoms. The van der Waals surface area contributed by atoms with E-state index in [0.29, 0.717) is 0 Å². The summed E-state index contributed by atoms with van der Waals surface area (Å²) >= 11 is -0.00763. The van der Waals surface area contributed by atoms with E-state index in [0.717, 1.165) is 6.61 Å². The maximum absolute atomic E-state index is 5.45. The van der Waals surface area contributed by atoms with Crippen LogP contribution in [-0.2, 0) is 22.9 Å². The van der Waals surface area contributed by atoms with Crippen LogP contribution in [0.1, 0.15) is 39.5 Å². The van der Waals surface area contributed by atoms with Gasteiger partial charge in [-0.05, 0) is 0 Å². The Kier molecular flexibility index (Phi) is 10.3. The average molecular weight is 178 g/mol. The molecule has 0 saturated heterocycles. The number of rotatable bonds is 7. The van der Waals surface area contributed by atoms with Crippen LogP contribution in [0.2, 0.25) is 4.73 Å². The summed E-state index contributed by atoms with van der Waals surface area (Å²) in [6.45, 7) is 5.46. The number of hydrogen-bond acceptors (Lipinski definition) is 1. The molecule has 0 aliphatic carbocycles. The van der Waals surface area contributed by atoms with Crippen molar-refractivity contribution in [2.75, 3.05) is 6.61 Å². The molecule has 2 heteroatoms. The minimum absolute atomic E-state index is 0.00763. The fourth-order valence-electron chi connectivity index (χ4n) is 0.775. The second-order valence-corrected chi connectivity index (χ2v) is 4.41. The van der Waals surface area contributed by atoms with Crippen LogP contribution in [0.5, 0.6) is 0 Å². The Morgan fingerprint density at radius 3 is 2.50 bits per heavy atom. The molecule has 0 radical (unpaired) electrons. The molecule has 0 heterocycles. The predicted molar refractivity (Wildman–Crippen MR) is 40.6 cm³/mol. The first kappa shape index (κ1) is 10.7. The molecule has 0 rings (SSSR count). The molecule has 0 unspecified atom stereocenters. The van der Waals surface area contributed by atoms with Crippen molar-refractivity contribution in [3.63, 3.8) is 0 Å². The van der Waals surface area contributed by atoms with Gasteiger partial charge in [-0.1, -0.05) is 0 Å². The van der Waals surface area contributed by atoms with Crippen molar-refractivity contribution in [1.29, 1.82) is 0 Å². The fraction of sp³-hybridized carbons (Fsp3) is 1.00. The Morgan fingerprint density at radius 1 is 1.10 bits per heavy atom. The monoisotopic (exact) mass is 178 g/mol. The average Bonchev–Trinajstić information content (AvgIpc) is 1.97. The van der Waals surface area contributed by atoms with E-state index < -0.39 is 0 Å². The first-order chi connectivity index (χ1) is 4.91. The maximum atomic E-state index is 5.45. The normalized spacial score (nSPS) is 9.80. The third-order valence-corrected chi connectivity index (χ3v) is 2.43. The second-order valence-electron chi connectivity index (χ2n) is 2.41. The Morgan fingerprint density at radius 2 is 1.90 bits per heavy atom. The van der Waals surface area contributed by atoms with Crippen molar-refractivity contribution < 1.29 is 22.9 Å². The predicted octanol–water partition coefficient (Wildman–Crippen LogP) is 3.02. The van der Waals surface area contributed by atoms with Crippen LogP contribution < -0.4 is 0 Å². The van der Waals surface area contributed by atoms with Crippen LogP contribution in [0.15, 0.2) is 0 Å². The van der Waals surface area contributed by atoms with Gasteiger partial charge >= 0.3 is 73.7 Å². The molecule has 0 aliphatic heterocycles. The minimum atomic E-state index is -0.00763. The van der Waals surface area contributed by atoms with Crippen molar-refractivity contribution >= 4 is 0 Å². The van der Waals surface area contributed by atoms with E-state index >= 15 is 0 Å². The molecule has 0 amide bonds. The summed E-state index contributed by atoms with van der Waals surface area (Å²) in [5, 5.41) is 0. The van der Waals surface area contributed by atoms with E-state index in [9.17, 15) is 0 Å². The first-order valence-corrected chi connectivity index (χ1v) is 6.00. The van der Waals surface area contributed by atoms with Gasteiger partial charge in [0.15, 0.2) is 0 Å². The van der Waals surface area contributed by atoms with Crippen LogP contribution in [0.25, 0.3) is 0 Å². The molecule has 1 nitrogen and oxygen atoms in total. The molecule has 0 aromatic heterocycles. The molecule has 0 atom stereocenters. The Labute approximate surface area is 73.9 Å². The molecule has 0 aliphatic rings. The third-order valence-electron chi connectivity index (χ3n) is 1.35. The van der Waals surface area contributed by atoms with Gasteiger partial charge in [0.2, 0.25) is 0 Å². The van der Waals surface area contributed by atoms with E-state index in [2.05, 4.69) is 13.8 Å². The van der Waals surface area contributed by atoms with Gasteiger partial charge in [-0.25, -0.2) is 0 Å². The van der Waals surface area contributed by atoms with Crippen molar-refractivity contribution in [1.82, 2.24) is 0 Å². The zero-order valence-electron chi connectivity index (χ0n) is 7.15. The Bertz CT molecular complexity index is 49.2. The van der Waals surface area contributed by atoms with Crippen LogP contribution in [0, 0.1) is 0 Å². The topological polar surface area (TPSA) is 9.23 Å². The van der Waals surface area contributed by atoms with Gasteiger partial charge in [-0.3, -0.25) is 0 Å². The summed E-state index contributed by atoms with van der Waals surface area (Å²) in [5.41, 5.74) is 0. The van der Waals surface area contributed by atoms with E-state index in [1.807, 2.05) is 0 Å². The third kappa shape index (κ3) is 8.67. The van der Waals surface area contributed by atoms with Crippen molar-refractivity contribution in [2.45, 2.75) is 44.3 Å². The zero-order valence-corrected chi connectivity index (χ0v) is 8.71. The molecule has 0 spiro atoms. The summed E-state index contributed by atoms with van der Waals surface area (Å²) in [6, 6.07) is 0. The molecular formula is C8H18OTi. The van der Waals surface area contributed by atoms with E-state index in [4.69, 9.17) is 3.32 Å². The summed E-state index contributed by atoms with van der Waals surface area (Å²) in [6.07, 6.45) is 5.32. The van der Waals surface area contributed by atoms with Crippen molar-refractivity contribution in [3.05, 3.63) is 0 Å². The van der Waals surface area contributed by atoms with Gasteiger partial charge in [0, 0.05) is 0 Å². The van der Waals surface area contributed by atoms with Gasteiger partial charge < -0.3 is 0 Å². The van der Waals surface area contributed by atoms with Gasteiger partial charge in [0.05, 0.1) is 0 Å². The van der Waals surface area contributed by atoms with Crippen LogP contribution in [0.3, 0.4) is 0 Å². The number of unbranched alkanes of at least 4 members (excludes halogenated alkanes) is 3. The summed E-state index contributed by atoms with van der Waals surface area (Å²) in [5.74, 6) is 0. The van der Waals surface area contributed by atoms with Crippen molar-refractivity contribution in [3.8, 4) is 0 Å². The Hall–Kier alpha value is 0.674. The van der Waals surface area contributed by atoms with E-state index in [1.165, 1.54) is 30.4 Å². The van der Waals surface area contributed by atoms with Gasteiger partial charge in [0.1, 0.15) is 0 Å². The molecule has 0 aromatic carbocycles. The molecular weight excluding hydrogens is 160 g/mol. The van der Waals surface area contributed by atoms with Gasteiger partial charge in [-0.2, -0.15) is 0 Å². The molecule has 0 saturated carbocycles. The quantitative estimate of drug-likeness (QED) is 0.430. The molecule has 60 valence electrons. The summed E-state index contributed by atoms with van der Waals surface area (Å²) in [7, 11) is 0. The van der Waals surface area contributed by atoms with Crippen molar-refractivity contribution in [2.24, 2.45) is 0 Å². The summed E-state index contributed by atoms with van der Waals surface area (Å²) in [4.78, 5) is 0. The molecule has 10 heavy (non-hydrogen) atoms. The first-order valence-electron chi connectivity index (χ1n) is 4.26. The van der Waals surface area contributed by atoms with Crippen LogP contribution >= 0.6 is 0 Å². The second kappa shape index (κ2) is 9.67. The fourth-order valence-corrected chi connectivity index (χ4v) is 1.54. The van der Waals surface area contributed by atoms with E-state index in [-0.39, 0.29) is 19.5 Å². The SMILES string of the molecule is CCCCCC[O][Ti][CH2]C. The van der Waals surface area contributed by atoms with Crippen LogP contribution in [0.4, 0.5) is 0 Å². The molecule has 0 fully saturated rings. The van der Waals surface area contributed by atoms with Gasteiger partial charge in [0.25, 0.3) is 0 Å². The Balaban J connectivity index is 2.65. The van der Waals surface area contributed by atoms with E-state index in [1.54, 1.807) is 0 Å². The number of hydrogen-bond donors (Lipinski definition) is 0. The molecule has 0 N–H and O–H groups in total. The zero-order chi connectivity index (χ0) is 7.66. The molecule has 0 aromatic rings. The standard InChI is InChI=1S/C6H13O.C2H5.Ti/c1-2-3-4-5-6-7;1-2;/h2-6H2,1H3;1H2,2H3;/q-1;;+1. The van der Waals surface area contributed by atoms with Gasteiger partial charge in [-0.15, -0.1) is 0 Å². The summed E-state index contributed by atoms with van der Waals surface area (Å²) < 4.78 is 6.73. The van der Waals surface area contributed by atoms with Crippen LogP contribution in [-0.4, -0.2) is 6.61 Å².